The second-order valence-corrected chi connectivity index (χ2v) is 6.86. The molecule has 0 radical (unpaired) electrons. The van der Waals surface area contributed by atoms with Crippen molar-refractivity contribution in [1.29, 1.82) is 0 Å². The average molecular weight is 345 g/mol. The molecule has 2 amide bonds. The van der Waals surface area contributed by atoms with Crippen LogP contribution in [-0.2, 0) is 16.1 Å². The molecule has 1 aliphatic heterocycles. The van der Waals surface area contributed by atoms with Crippen molar-refractivity contribution in [3.05, 3.63) is 34.8 Å². The van der Waals surface area contributed by atoms with E-state index in [1.54, 1.807) is 11.8 Å². The summed E-state index contributed by atoms with van der Waals surface area (Å²) in [6.45, 7) is 6.99. The third-order valence-corrected chi connectivity index (χ3v) is 5.23. The van der Waals surface area contributed by atoms with Crippen LogP contribution in [0.4, 0.5) is 4.39 Å². The molecule has 3 rings (SSSR count). The van der Waals surface area contributed by atoms with Gasteiger partial charge in [0.15, 0.2) is 0 Å². The van der Waals surface area contributed by atoms with Crippen LogP contribution in [0, 0.1) is 25.6 Å². The largest absolute Gasteiger partial charge is 0.358 e. The zero-order valence-corrected chi connectivity index (χ0v) is 14.9. The molecule has 2 aromatic rings. The summed E-state index contributed by atoms with van der Waals surface area (Å²) < 4.78 is 13.9. The van der Waals surface area contributed by atoms with Crippen molar-refractivity contribution < 1.29 is 14.0 Å². The molecule has 1 saturated heterocycles. The van der Waals surface area contributed by atoms with Crippen LogP contribution in [0.1, 0.15) is 36.6 Å². The van der Waals surface area contributed by atoms with E-state index in [2.05, 4.69) is 10.3 Å². The van der Waals surface area contributed by atoms with E-state index in [1.165, 1.54) is 12.1 Å². The van der Waals surface area contributed by atoms with Crippen LogP contribution in [0.15, 0.2) is 12.1 Å². The van der Waals surface area contributed by atoms with E-state index in [9.17, 15) is 14.0 Å². The van der Waals surface area contributed by atoms with Gasteiger partial charge in [-0.15, -0.1) is 0 Å². The number of fused-ring (bicyclic) bond motifs is 1. The molecule has 0 spiro atoms. The lowest BCUT2D eigenvalue weighted by Gasteiger charge is -2.30. The van der Waals surface area contributed by atoms with Gasteiger partial charge >= 0.3 is 0 Å². The van der Waals surface area contributed by atoms with Crippen LogP contribution >= 0.6 is 0 Å². The van der Waals surface area contributed by atoms with Crippen molar-refractivity contribution in [1.82, 2.24) is 15.2 Å². The maximum Gasteiger partial charge on any atom is 0.223 e. The van der Waals surface area contributed by atoms with Crippen molar-refractivity contribution in [2.45, 2.75) is 40.2 Å². The number of carbonyl (C=O) groups is 2. The number of hydrogen-bond donors (Lipinski definition) is 2. The molecule has 134 valence electrons. The Balaban J connectivity index is 1.68. The van der Waals surface area contributed by atoms with Gasteiger partial charge in [0.05, 0.1) is 5.52 Å². The fourth-order valence-corrected chi connectivity index (χ4v) is 3.51. The molecule has 2 heterocycles. The van der Waals surface area contributed by atoms with Gasteiger partial charge in [-0.3, -0.25) is 9.59 Å². The summed E-state index contributed by atoms with van der Waals surface area (Å²) in [5.74, 6) is -0.362. The van der Waals surface area contributed by atoms with E-state index in [-0.39, 0.29) is 23.5 Å². The van der Waals surface area contributed by atoms with Gasteiger partial charge in [0.25, 0.3) is 0 Å². The Labute approximate surface area is 146 Å². The number of hydrogen-bond acceptors (Lipinski definition) is 2. The molecule has 0 saturated carbocycles. The summed E-state index contributed by atoms with van der Waals surface area (Å²) in [4.78, 5) is 28.8. The van der Waals surface area contributed by atoms with Gasteiger partial charge in [-0.2, -0.15) is 0 Å². The number of aromatic nitrogens is 1. The van der Waals surface area contributed by atoms with E-state index in [0.29, 0.717) is 32.5 Å². The Morgan fingerprint density at radius 1 is 1.28 bits per heavy atom. The maximum absolute atomic E-state index is 13.9. The molecule has 2 N–H and O–H groups in total. The number of likely N-dealkylation sites (tertiary alicyclic amines) is 1. The van der Waals surface area contributed by atoms with Crippen molar-refractivity contribution in [3.63, 3.8) is 0 Å². The number of nitrogens with zero attached hydrogens (tertiary/aromatic N) is 1. The number of aryl methyl sites for hydroxylation is 2. The van der Waals surface area contributed by atoms with E-state index in [1.807, 2.05) is 13.8 Å². The van der Waals surface area contributed by atoms with E-state index < -0.39 is 0 Å². The Morgan fingerprint density at radius 3 is 2.60 bits per heavy atom. The minimum Gasteiger partial charge on any atom is -0.358 e. The summed E-state index contributed by atoms with van der Waals surface area (Å²) in [5, 5.41) is 3.79. The molecule has 0 bridgehead atoms. The van der Waals surface area contributed by atoms with Gasteiger partial charge in [0.1, 0.15) is 5.82 Å². The lowest BCUT2D eigenvalue weighted by molar-refractivity contribution is -0.134. The zero-order chi connectivity index (χ0) is 18.1. The van der Waals surface area contributed by atoms with E-state index >= 15 is 0 Å². The number of nitrogens with one attached hydrogen (secondary N) is 2. The van der Waals surface area contributed by atoms with Crippen molar-refractivity contribution in [3.8, 4) is 0 Å². The zero-order valence-electron chi connectivity index (χ0n) is 14.9. The normalized spacial score (nSPS) is 15.6. The highest BCUT2D eigenvalue weighted by Gasteiger charge is 2.26. The lowest BCUT2D eigenvalue weighted by Crippen LogP contribution is -2.42. The monoisotopic (exact) mass is 345 g/mol. The van der Waals surface area contributed by atoms with Gasteiger partial charge in [-0.25, -0.2) is 4.39 Å². The molecule has 0 unspecified atom stereocenters. The number of rotatable bonds is 3. The fraction of sp³-hybridized carbons (Fsp3) is 0.474. The molecule has 1 aliphatic rings. The highest BCUT2D eigenvalue weighted by atomic mass is 19.1. The number of amides is 2. The number of piperidine rings is 1. The predicted octanol–water partition coefficient (Wildman–Crippen LogP) is 2.80. The van der Waals surface area contributed by atoms with Gasteiger partial charge in [0.2, 0.25) is 11.8 Å². The quantitative estimate of drug-likeness (QED) is 0.898. The summed E-state index contributed by atoms with van der Waals surface area (Å²) >= 11 is 0. The third-order valence-electron chi connectivity index (χ3n) is 5.23. The Morgan fingerprint density at radius 2 is 1.96 bits per heavy atom. The molecular formula is C19H24FN3O2. The molecule has 1 fully saturated rings. The highest BCUT2D eigenvalue weighted by molar-refractivity contribution is 5.88. The summed E-state index contributed by atoms with van der Waals surface area (Å²) in [7, 11) is 0. The second kappa shape index (κ2) is 6.86. The van der Waals surface area contributed by atoms with Gasteiger partial charge in [-0.05, 0) is 49.9 Å². The molecule has 0 atom stereocenters. The Kier molecular flexibility index (Phi) is 4.79. The highest BCUT2D eigenvalue weighted by Crippen LogP contribution is 2.26. The van der Waals surface area contributed by atoms with Crippen LogP contribution in [0.3, 0.4) is 0 Å². The molecule has 6 heteroatoms. The first-order chi connectivity index (χ1) is 11.9. The molecule has 1 aromatic heterocycles. The average Bonchev–Trinajstić information content (AvgIpc) is 2.87. The molecule has 25 heavy (non-hydrogen) atoms. The number of carbonyl (C=O) groups excluding carboxylic acids is 2. The smallest absolute Gasteiger partial charge is 0.223 e. The number of aromatic amines is 1. The first-order valence-corrected chi connectivity index (χ1v) is 8.67. The Bertz CT molecular complexity index is 820. The van der Waals surface area contributed by atoms with E-state index in [4.69, 9.17) is 0 Å². The van der Waals surface area contributed by atoms with Crippen LogP contribution in [0.25, 0.3) is 10.9 Å². The number of benzene rings is 1. The first-order valence-electron chi connectivity index (χ1n) is 8.67. The topological polar surface area (TPSA) is 65.2 Å². The van der Waals surface area contributed by atoms with Crippen LogP contribution < -0.4 is 5.32 Å². The fourth-order valence-electron chi connectivity index (χ4n) is 3.51. The van der Waals surface area contributed by atoms with E-state index in [0.717, 1.165) is 27.7 Å². The van der Waals surface area contributed by atoms with Crippen molar-refractivity contribution >= 4 is 22.7 Å². The van der Waals surface area contributed by atoms with Crippen molar-refractivity contribution in [2.24, 2.45) is 5.92 Å². The number of halogens is 1. The summed E-state index contributed by atoms with van der Waals surface area (Å²) in [5.41, 5.74) is 3.66. The SMILES string of the molecule is CC(=O)N1CCC(C(=O)NCc2cc(F)cc3c(C)c(C)[nH]c23)CC1. The molecule has 1 aromatic carbocycles. The van der Waals surface area contributed by atoms with Crippen molar-refractivity contribution in [2.75, 3.05) is 13.1 Å². The van der Waals surface area contributed by atoms with Gasteiger partial charge < -0.3 is 15.2 Å². The standard InChI is InChI=1S/C19H24FN3O2/c1-11-12(2)22-18-15(8-16(20)9-17(11)18)10-21-19(25)14-4-6-23(7-5-14)13(3)24/h8-9,14,22H,4-7,10H2,1-3H3,(H,21,25). The minimum atomic E-state index is -0.298. The van der Waals surface area contributed by atoms with Gasteiger partial charge in [0, 0.05) is 43.6 Å². The molecule has 5 nitrogen and oxygen atoms in total. The maximum atomic E-state index is 13.9. The summed E-state index contributed by atoms with van der Waals surface area (Å²) in [6, 6.07) is 2.99. The minimum absolute atomic E-state index is 0.0272. The summed E-state index contributed by atoms with van der Waals surface area (Å²) in [6.07, 6.45) is 1.34. The van der Waals surface area contributed by atoms with Crippen LogP contribution in [-0.4, -0.2) is 34.8 Å². The number of H-pyrrole nitrogens is 1. The predicted molar refractivity (Wildman–Crippen MR) is 94.6 cm³/mol. The molecular weight excluding hydrogens is 321 g/mol. The van der Waals surface area contributed by atoms with Gasteiger partial charge in [-0.1, -0.05) is 0 Å². The molecule has 0 aliphatic carbocycles. The van der Waals surface area contributed by atoms with Crippen LogP contribution in [0.5, 0.6) is 0 Å². The lowest BCUT2D eigenvalue weighted by atomic mass is 9.95. The third kappa shape index (κ3) is 3.52. The second-order valence-electron chi connectivity index (χ2n) is 6.86. The first kappa shape index (κ1) is 17.5. The van der Waals surface area contributed by atoms with Crippen LogP contribution in [0.2, 0.25) is 0 Å². The Hall–Kier alpha value is -2.37.